The zero-order valence-corrected chi connectivity index (χ0v) is 20.6. The van der Waals surface area contributed by atoms with Crippen molar-refractivity contribution in [2.45, 2.75) is 64.4 Å². The summed E-state index contributed by atoms with van der Waals surface area (Å²) in [6.07, 6.45) is -0.749. The molecular formula is C24H29F3N4O2S. The fourth-order valence-corrected chi connectivity index (χ4v) is 4.71. The monoisotopic (exact) mass is 494 g/mol. The van der Waals surface area contributed by atoms with E-state index in [1.165, 1.54) is 17.4 Å². The molecule has 0 bridgehead atoms. The van der Waals surface area contributed by atoms with E-state index < -0.39 is 17.6 Å². The molecule has 1 fully saturated rings. The van der Waals surface area contributed by atoms with Crippen LogP contribution in [0.2, 0.25) is 0 Å². The molecule has 0 saturated carbocycles. The standard InChI is InChI=1S/C24H29F3N4O2S/c1-23(2,3)20-15-31(14-18-6-5-11-33-18)22(34-20)29-21(32)19-12-17(24(25,26)27)8-7-16(19)13-30(4)10-9-28/h7-8,12,15,18H,5-6,10-11,13-14H2,1-4H3/t18-/m1/s1. The summed E-state index contributed by atoms with van der Waals surface area (Å²) in [5.41, 5.74) is -0.820. The fourth-order valence-electron chi connectivity index (χ4n) is 3.66. The van der Waals surface area contributed by atoms with Crippen LogP contribution in [0.15, 0.2) is 29.4 Å². The maximum absolute atomic E-state index is 13.4. The molecule has 1 atom stereocenters. The van der Waals surface area contributed by atoms with Crippen molar-refractivity contribution in [3.8, 4) is 6.07 Å². The van der Waals surface area contributed by atoms with E-state index in [4.69, 9.17) is 10.00 Å². The van der Waals surface area contributed by atoms with Crippen LogP contribution in [0.5, 0.6) is 0 Å². The smallest absolute Gasteiger partial charge is 0.376 e. The van der Waals surface area contributed by atoms with Gasteiger partial charge in [-0.15, -0.1) is 11.3 Å². The highest BCUT2D eigenvalue weighted by molar-refractivity contribution is 7.09. The van der Waals surface area contributed by atoms with E-state index >= 15 is 0 Å². The number of hydrogen-bond donors (Lipinski definition) is 0. The number of benzene rings is 1. The number of aromatic nitrogens is 1. The first kappa shape index (κ1) is 26.1. The first-order valence-corrected chi connectivity index (χ1v) is 11.9. The number of rotatable bonds is 6. The van der Waals surface area contributed by atoms with Crippen molar-refractivity contribution in [2.75, 3.05) is 20.2 Å². The second kappa shape index (κ2) is 10.4. The summed E-state index contributed by atoms with van der Waals surface area (Å²) in [7, 11) is 1.66. The lowest BCUT2D eigenvalue weighted by atomic mass is 9.95. The van der Waals surface area contributed by atoms with E-state index in [0.717, 1.165) is 29.9 Å². The van der Waals surface area contributed by atoms with Crippen molar-refractivity contribution < 1.29 is 22.7 Å². The lowest BCUT2D eigenvalue weighted by molar-refractivity contribution is -0.137. The first-order chi connectivity index (χ1) is 15.9. The summed E-state index contributed by atoms with van der Waals surface area (Å²) in [6.45, 7) is 7.60. The number of hydrogen-bond acceptors (Lipinski definition) is 5. The zero-order valence-electron chi connectivity index (χ0n) is 19.8. The van der Waals surface area contributed by atoms with Crippen molar-refractivity contribution in [3.63, 3.8) is 0 Å². The van der Waals surface area contributed by atoms with Crippen LogP contribution in [0.4, 0.5) is 13.2 Å². The van der Waals surface area contributed by atoms with Crippen LogP contribution < -0.4 is 4.80 Å². The molecule has 1 aromatic heterocycles. The topological polar surface area (TPSA) is 70.6 Å². The van der Waals surface area contributed by atoms with Crippen LogP contribution in [-0.4, -0.2) is 41.7 Å². The van der Waals surface area contributed by atoms with Gasteiger partial charge in [0.2, 0.25) is 0 Å². The summed E-state index contributed by atoms with van der Waals surface area (Å²) < 4.78 is 47.8. The molecule has 0 spiro atoms. The molecule has 2 aromatic rings. The Morgan fingerprint density at radius 2 is 2.09 bits per heavy atom. The summed E-state index contributed by atoms with van der Waals surface area (Å²) >= 11 is 1.35. The van der Waals surface area contributed by atoms with Gasteiger partial charge in [0.05, 0.1) is 30.8 Å². The first-order valence-electron chi connectivity index (χ1n) is 11.1. The largest absolute Gasteiger partial charge is 0.416 e. The van der Waals surface area contributed by atoms with Crippen LogP contribution >= 0.6 is 11.3 Å². The number of carbonyl (C=O) groups excluding carboxylic acids is 1. The van der Waals surface area contributed by atoms with Crippen LogP contribution in [0, 0.1) is 11.3 Å². The van der Waals surface area contributed by atoms with Gasteiger partial charge in [-0.3, -0.25) is 9.69 Å². The van der Waals surface area contributed by atoms with Gasteiger partial charge >= 0.3 is 6.18 Å². The fraction of sp³-hybridized carbons (Fsp3) is 0.542. The third kappa shape index (κ3) is 6.56. The van der Waals surface area contributed by atoms with Crippen LogP contribution in [-0.2, 0) is 29.4 Å². The van der Waals surface area contributed by atoms with E-state index in [9.17, 15) is 18.0 Å². The molecule has 0 radical (unpaired) electrons. The molecule has 1 aromatic carbocycles. The Balaban J connectivity index is 2.06. The predicted octanol–water partition coefficient (Wildman–Crippen LogP) is 4.74. The maximum atomic E-state index is 13.4. The number of nitrogens with zero attached hydrogens (tertiary/aromatic N) is 4. The van der Waals surface area contributed by atoms with Crippen molar-refractivity contribution >= 4 is 17.2 Å². The molecule has 0 aliphatic carbocycles. The Labute approximate surface area is 201 Å². The van der Waals surface area contributed by atoms with Gasteiger partial charge in [-0.2, -0.15) is 23.4 Å². The van der Waals surface area contributed by atoms with E-state index in [1.54, 1.807) is 11.9 Å². The van der Waals surface area contributed by atoms with Gasteiger partial charge in [-0.05, 0) is 43.0 Å². The lowest BCUT2D eigenvalue weighted by Crippen LogP contribution is -2.24. The van der Waals surface area contributed by atoms with Gasteiger partial charge in [-0.25, -0.2) is 0 Å². The number of carbonyl (C=O) groups is 1. The average molecular weight is 495 g/mol. The molecular weight excluding hydrogens is 465 g/mol. The summed E-state index contributed by atoms with van der Waals surface area (Å²) in [4.78, 5) is 20.6. The van der Waals surface area contributed by atoms with Crippen LogP contribution in [0.3, 0.4) is 0 Å². The number of halogens is 3. The van der Waals surface area contributed by atoms with Gasteiger partial charge in [0, 0.05) is 29.8 Å². The van der Waals surface area contributed by atoms with E-state index in [-0.39, 0.29) is 30.2 Å². The minimum Gasteiger partial charge on any atom is -0.376 e. The normalized spacial score (nSPS) is 17.4. The highest BCUT2D eigenvalue weighted by Gasteiger charge is 2.32. The van der Waals surface area contributed by atoms with Gasteiger partial charge in [0.15, 0.2) is 4.80 Å². The number of thiazole rings is 1. The summed E-state index contributed by atoms with van der Waals surface area (Å²) in [5.74, 6) is -0.741. The maximum Gasteiger partial charge on any atom is 0.416 e. The molecule has 1 aliphatic rings. The van der Waals surface area contributed by atoms with Crippen LogP contribution in [0.1, 0.15) is 60.0 Å². The number of ether oxygens (including phenoxy) is 1. The van der Waals surface area contributed by atoms with Crippen molar-refractivity contribution in [1.82, 2.24) is 9.47 Å². The molecule has 6 nitrogen and oxygen atoms in total. The zero-order chi connectivity index (χ0) is 25.1. The van der Waals surface area contributed by atoms with Gasteiger partial charge in [0.25, 0.3) is 5.91 Å². The molecule has 184 valence electrons. The van der Waals surface area contributed by atoms with E-state index in [1.807, 2.05) is 16.8 Å². The van der Waals surface area contributed by atoms with Crippen molar-refractivity contribution in [3.05, 3.63) is 50.8 Å². The third-order valence-electron chi connectivity index (χ3n) is 5.53. The van der Waals surface area contributed by atoms with Crippen LogP contribution in [0.25, 0.3) is 0 Å². The second-order valence-electron chi connectivity index (χ2n) is 9.53. The number of nitriles is 1. The quantitative estimate of drug-likeness (QED) is 0.544. The Morgan fingerprint density at radius 1 is 1.35 bits per heavy atom. The number of amides is 1. The molecule has 1 aliphatic heterocycles. The lowest BCUT2D eigenvalue weighted by Gasteiger charge is -2.16. The molecule has 10 heteroatoms. The summed E-state index contributed by atoms with van der Waals surface area (Å²) in [5, 5.41) is 8.92. The molecule has 0 N–H and O–H groups in total. The van der Waals surface area contributed by atoms with E-state index in [0.29, 0.717) is 23.5 Å². The van der Waals surface area contributed by atoms with Gasteiger partial charge in [0.1, 0.15) is 0 Å². The number of alkyl halides is 3. The van der Waals surface area contributed by atoms with E-state index in [2.05, 4.69) is 25.8 Å². The Morgan fingerprint density at radius 3 is 2.68 bits per heavy atom. The molecule has 34 heavy (non-hydrogen) atoms. The predicted molar refractivity (Wildman–Crippen MR) is 123 cm³/mol. The minimum atomic E-state index is -4.59. The second-order valence-corrected chi connectivity index (χ2v) is 10.5. The molecule has 2 heterocycles. The third-order valence-corrected chi connectivity index (χ3v) is 6.98. The summed E-state index contributed by atoms with van der Waals surface area (Å²) in [6, 6.07) is 5.08. The highest BCUT2D eigenvalue weighted by atomic mass is 32.1. The average Bonchev–Trinajstić information content (AvgIpc) is 3.38. The minimum absolute atomic E-state index is 0.0141. The Kier molecular flexibility index (Phi) is 8.01. The molecule has 3 rings (SSSR count). The van der Waals surface area contributed by atoms with Gasteiger partial charge < -0.3 is 9.30 Å². The molecule has 0 unspecified atom stereocenters. The highest BCUT2D eigenvalue weighted by Crippen LogP contribution is 2.31. The Hall–Kier alpha value is -2.48. The molecule has 1 saturated heterocycles. The van der Waals surface area contributed by atoms with Crippen molar-refractivity contribution in [1.29, 1.82) is 5.26 Å². The molecule has 1 amide bonds. The SMILES string of the molecule is CN(CC#N)Cc1ccc(C(F)(F)F)cc1C(=O)N=c1sc(C(C)(C)C)cn1C[C@H]1CCCO1. The van der Waals surface area contributed by atoms with Gasteiger partial charge in [-0.1, -0.05) is 26.8 Å². The van der Waals surface area contributed by atoms with Crippen molar-refractivity contribution in [2.24, 2.45) is 4.99 Å². The Bertz CT molecular complexity index is 1130.